The van der Waals surface area contributed by atoms with Gasteiger partial charge < -0.3 is 9.47 Å². The van der Waals surface area contributed by atoms with Gasteiger partial charge in [0.15, 0.2) is 0 Å². The fraction of sp³-hybridized carbons (Fsp3) is 0.385. The standard InChI is InChI=1S/C13H16O4/c1-10(14)16-9-13(17-11(2)15)8-12-6-4-3-5-7-12/h3-7,13H,8-9H2,1-2H3. The predicted molar refractivity (Wildman–Crippen MR) is 62.3 cm³/mol. The van der Waals surface area contributed by atoms with E-state index in [1.54, 1.807) is 0 Å². The number of hydrogen-bond acceptors (Lipinski definition) is 4. The molecule has 0 aromatic heterocycles. The van der Waals surface area contributed by atoms with Gasteiger partial charge in [0.05, 0.1) is 0 Å². The van der Waals surface area contributed by atoms with Crippen molar-refractivity contribution in [2.75, 3.05) is 6.61 Å². The van der Waals surface area contributed by atoms with E-state index in [4.69, 9.17) is 9.47 Å². The number of carbonyl (C=O) groups is 2. The van der Waals surface area contributed by atoms with Gasteiger partial charge in [-0.15, -0.1) is 0 Å². The van der Waals surface area contributed by atoms with Gasteiger partial charge >= 0.3 is 11.9 Å². The minimum atomic E-state index is -0.432. The van der Waals surface area contributed by atoms with Crippen LogP contribution in [0.1, 0.15) is 19.4 Å². The molecule has 0 radical (unpaired) electrons. The van der Waals surface area contributed by atoms with Crippen molar-refractivity contribution in [1.82, 2.24) is 0 Å². The SMILES string of the molecule is CC(=O)OCC(Cc1ccccc1)OC(C)=O. The molecule has 0 saturated heterocycles. The average molecular weight is 236 g/mol. The van der Waals surface area contributed by atoms with Crippen molar-refractivity contribution >= 4 is 11.9 Å². The molecule has 0 fully saturated rings. The molecule has 1 aromatic rings. The van der Waals surface area contributed by atoms with Crippen molar-refractivity contribution in [2.24, 2.45) is 0 Å². The van der Waals surface area contributed by atoms with Crippen LogP contribution in [0.4, 0.5) is 0 Å². The number of hydrogen-bond donors (Lipinski definition) is 0. The fourth-order valence-corrected chi connectivity index (χ4v) is 1.46. The molecule has 0 spiro atoms. The summed E-state index contributed by atoms with van der Waals surface area (Å²) in [6, 6.07) is 9.60. The summed E-state index contributed by atoms with van der Waals surface area (Å²) in [7, 11) is 0. The topological polar surface area (TPSA) is 52.6 Å². The lowest BCUT2D eigenvalue weighted by Gasteiger charge is -2.16. The third-order valence-corrected chi connectivity index (χ3v) is 2.11. The van der Waals surface area contributed by atoms with Gasteiger partial charge in [-0.2, -0.15) is 0 Å². The van der Waals surface area contributed by atoms with Crippen molar-refractivity contribution in [2.45, 2.75) is 26.4 Å². The Bertz CT molecular complexity index is 372. The summed E-state index contributed by atoms with van der Waals surface area (Å²) in [4.78, 5) is 21.7. The molecular formula is C13H16O4. The maximum atomic E-state index is 10.9. The monoisotopic (exact) mass is 236 g/mol. The van der Waals surface area contributed by atoms with E-state index in [-0.39, 0.29) is 18.5 Å². The van der Waals surface area contributed by atoms with E-state index >= 15 is 0 Å². The van der Waals surface area contributed by atoms with Gasteiger partial charge in [0.25, 0.3) is 0 Å². The minimum Gasteiger partial charge on any atom is -0.462 e. The molecule has 0 aliphatic rings. The van der Waals surface area contributed by atoms with E-state index in [0.29, 0.717) is 6.42 Å². The van der Waals surface area contributed by atoms with Crippen LogP contribution >= 0.6 is 0 Å². The van der Waals surface area contributed by atoms with Crippen LogP contribution in [-0.4, -0.2) is 24.6 Å². The average Bonchev–Trinajstić information content (AvgIpc) is 2.26. The Hall–Kier alpha value is -1.84. The molecule has 1 atom stereocenters. The second kappa shape index (κ2) is 6.68. The molecule has 0 aliphatic heterocycles. The zero-order valence-electron chi connectivity index (χ0n) is 10.0. The summed E-state index contributed by atoms with van der Waals surface area (Å²) in [6.45, 7) is 2.75. The van der Waals surface area contributed by atoms with Crippen molar-refractivity contribution in [3.8, 4) is 0 Å². The molecule has 1 rings (SSSR count). The molecule has 0 N–H and O–H groups in total. The summed E-state index contributed by atoms with van der Waals surface area (Å²) in [6.07, 6.45) is 0.104. The van der Waals surface area contributed by atoms with E-state index in [2.05, 4.69) is 0 Å². The fourth-order valence-electron chi connectivity index (χ4n) is 1.46. The van der Waals surface area contributed by atoms with Gasteiger partial charge in [-0.1, -0.05) is 30.3 Å². The predicted octanol–water partition coefficient (Wildman–Crippen LogP) is 1.72. The Morgan fingerprint density at radius 3 is 2.29 bits per heavy atom. The van der Waals surface area contributed by atoms with E-state index in [1.807, 2.05) is 30.3 Å². The van der Waals surface area contributed by atoms with Crippen LogP contribution in [-0.2, 0) is 25.5 Å². The molecule has 0 aliphatic carbocycles. The summed E-state index contributed by atoms with van der Waals surface area (Å²) >= 11 is 0. The highest BCUT2D eigenvalue weighted by molar-refractivity contribution is 5.67. The van der Waals surface area contributed by atoms with Crippen molar-refractivity contribution in [3.63, 3.8) is 0 Å². The zero-order valence-corrected chi connectivity index (χ0v) is 10.0. The first-order chi connectivity index (χ1) is 8.08. The van der Waals surface area contributed by atoms with Gasteiger partial charge in [0.2, 0.25) is 0 Å². The molecule has 0 saturated carbocycles. The summed E-state index contributed by atoms with van der Waals surface area (Å²) in [5.74, 6) is -0.756. The van der Waals surface area contributed by atoms with Crippen LogP contribution in [0, 0.1) is 0 Å². The lowest BCUT2D eigenvalue weighted by molar-refractivity contribution is -0.156. The molecular weight excluding hydrogens is 220 g/mol. The van der Waals surface area contributed by atoms with Crippen LogP contribution in [0.2, 0.25) is 0 Å². The molecule has 1 aromatic carbocycles. The first-order valence-electron chi connectivity index (χ1n) is 5.42. The smallest absolute Gasteiger partial charge is 0.303 e. The summed E-state index contributed by atoms with van der Waals surface area (Å²) < 4.78 is 9.95. The number of ether oxygens (including phenoxy) is 2. The molecule has 92 valence electrons. The summed E-state index contributed by atoms with van der Waals surface area (Å²) in [5.41, 5.74) is 1.03. The van der Waals surface area contributed by atoms with E-state index in [0.717, 1.165) is 5.56 Å². The lowest BCUT2D eigenvalue weighted by Crippen LogP contribution is -2.25. The molecule has 4 nitrogen and oxygen atoms in total. The molecule has 17 heavy (non-hydrogen) atoms. The van der Waals surface area contributed by atoms with E-state index < -0.39 is 6.10 Å². The largest absolute Gasteiger partial charge is 0.462 e. The van der Waals surface area contributed by atoms with Crippen molar-refractivity contribution in [3.05, 3.63) is 35.9 Å². The molecule has 0 heterocycles. The Balaban J connectivity index is 2.56. The van der Waals surface area contributed by atoms with Gasteiger partial charge in [-0.3, -0.25) is 9.59 Å². The summed E-state index contributed by atoms with van der Waals surface area (Å²) in [5, 5.41) is 0. The highest BCUT2D eigenvalue weighted by Crippen LogP contribution is 2.07. The normalized spacial score (nSPS) is 11.6. The lowest BCUT2D eigenvalue weighted by atomic mass is 10.1. The Kier molecular flexibility index (Phi) is 5.20. The minimum absolute atomic E-state index is 0.0871. The highest BCUT2D eigenvalue weighted by Gasteiger charge is 2.14. The Morgan fingerprint density at radius 2 is 1.76 bits per heavy atom. The zero-order chi connectivity index (χ0) is 12.7. The Labute approximate surface area is 101 Å². The van der Waals surface area contributed by atoms with Gasteiger partial charge in [-0.25, -0.2) is 0 Å². The molecule has 1 unspecified atom stereocenters. The van der Waals surface area contributed by atoms with Crippen LogP contribution in [0.25, 0.3) is 0 Å². The molecule has 4 heteroatoms. The first-order valence-corrected chi connectivity index (χ1v) is 5.42. The number of benzene rings is 1. The van der Waals surface area contributed by atoms with Crippen LogP contribution in [0.3, 0.4) is 0 Å². The highest BCUT2D eigenvalue weighted by atomic mass is 16.6. The van der Waals surface area contributed by atoms with Gasteiger partial charge in [0.1, 0.15) is 12.7 Å². The van der Waals surface area contributed by atoms with Crippen molar-refractivity contribution < 1.29 is 19.1 Å². The number of esters is 2. The number of rotatable bonds is 5. The third-order valence-electron chi connectivity index (χ3n) is 2.11. The van der Waals surface area contributed by atoms with E-state index in [9.17, 15) is 9.59 Å². The van der Waals surface area contributed by atoms with Gasteiger partial charge in [0, 0.05) is 20.3 Å². The Morgan fingerprint density at radius 1 is 1.12 bits per heavy atom. The van der Waals surface area contributed by atoms with Crippen molar-refractivity contribution in [1.29, 1.82) is 0 Å². The maximum absolute atomic E-state index is 10.9. The molecule has 0 bridgehead atoms. The molecule has 0 amide bonds. The second-order valence-electron chi connectivity index (χ2n) is 3.72. The third kappa shape index (κ3) is 5.70. The second-order valence-corrected chi connectivity index (χ2v) is 3.72. The van der Waals surface area contributed by atoms with E-state index in [1.165, 1.54) is 13.8 Å². The first kappa shape index (κ1) is 13.2. The van der Waals surface area contributed by atoms with Crippen LogP contribution < -0.4 is 0 Å². The maximum Gasteiger partial charge on any atom is 0.303 e. The van der Waals surface area contributed by atoms with Crippen LogP contribution in [0.5, 0.6) is 0 Å². The number of carbonyl (C=O) groups excluding carboxylic acids is 2. The van der Waals surface area contributed by atoms with Crippen LogP contribution in [0.15, 0.2) is 30.3 Å². The quantitative estimate of drug-likeness (QED) is 0.730. The van der Waals surface area contributed by atoms with Gasteiger partial charge in [-0.05, 0) is 5.56 Å².